The van der Waals surface area contributed by atoms with Gasteiger partial charge < -0.3 is 9.80 Å². The number of hydrogen-bond donors (Lipinski definition) is 0. The third-order valence-corrected chi connectivity index (χ3v) is 8.43. The number of anilines is 2. The van der Waals surface area contributed by atoms with E-state index in [-0.39, 0.29) is 5.43 Å². The Labute approximate surface area is 212 Å². The number of piperidine rings is 1. The van der Waals surface area contributed by atoms with Crippen molar-refractivity contribution in [3.63, 3.8) is 0 Å². The second-order valence-corrected chi connectivity index (χ2v) is 10.8. The molecule has 2 aliphatic heterocycles. The summed E-state index contributed by atoms with van der Waals surface area (Å²) in [5, 5.41) is 3.41. The van der Waals surface area contributed by atoms with Crippen LogP contribution >= 0.6 is 23.3 Å². The minimum Gasteiger partial charge on any atom is -0.353 e. The summed E-state index contributed by atoms with van der Waals surface area (Å²) in [7, 11) is 0. The first-order valence-corrected chi connectivity index (χ1v) is 13.7. The van der Waals surface area contributed by atoms with Gasteiger partial charge in [0.25, 0.3) is 0 Å². The van der Waals surface area contributed by atoms with E-state index in [2.05, 4.69) is 30.1 Å². The van der Waals surface area contributed by atoms with Gasteiger partial charge in [-0.3, -0.25) is 9.36 Å². The lowest BCUT2D eigenvalue weighted by atomic mass is 10.2. The fourth-order valence-electron chi connectivity index (χ4n) is 4.69. The number of nitrogens with zero attached hydrogens (tertiary/aromatic N) is 7. The van der Waals surface area contributed by atoms with Crippen LogP contribution in [0, 0.1) is 0 Å². The fourth-order valence-corrected chi connectivity index (χ4v) is 6.37. The first kappa shape index (κ1) is 22.5. The Kier molecular flexibility index (Phi) is 6.41. The lowest BCUT2D eigenvalue weighted by Gasteiger charge is -2.36. The molecule has 0 atom stereocenters. The molecular weight excluding hydrogens is 478 g/mol. The standard InChI is InChI=1S/C25H27N7OS2/c33-23-19-7-8-22(30-15-13-29(14-16-30)21-6-2-3-9-26-21)28-24(19)32(25-27-10-17-34-25)18-20(23)35-31-11-4-1-5-12-31/h2-3,6-10,17-18H,1,4-5,11-16H2. The second kappa shape index (κ2) is 9.96. The lowest BCUT2D eigenvalue weighted by molar-refractivity contribution is 0.380. The van der Waals surface area contributed by atoms with Gasteiger partial charge in [-0.1, -0.05) is 12.5 Å². The fraction of sp³-hybridized carbons (Fsp3) is 0.360. The van der Waals surface area contributed by atoms with Crippen LogP contribution in [0.15, 0.2) is 64.0 Å². The van der Waals surface area contributed by atoms with Gasteiger partial charge in [0.05, 0.1) is 10.3 Å². The van der Waals surface area contributed by atoms with Crippen LogP contribution in [-0.2, 0) is 0 Å². The summed E-state index contributed by atoms with van der Waals surface area (Å²) in [4.78, 5) is 32.8. The van der Waals surface area contributed by atoms with Crippen LogP contribution in [0.1, 0.15) is 19.3 Å². The normalized spacial score (nSPS) is 17.3. The SMILES string of the molecule is O=c1c(SN2CCCCC2)cn(-c2nccs2)c2nc(N3CCN(c4ccccn4)CC3)ccc12. The molecule has 10 heteroatoms. The van der Waals surface area contributed by atoms with E-state index in [1.165, 1.54) is 19.3 Å². The van der Waals surface area contributed by atoms with Crippen molar-refractivity contribution in [2.45, 2.75) is 24.2 Å². The zero-order valence-electron chi connectivity index (χ0n) is 19.4. The highest BCUT2D eigenvalue weighted by Crippen LogP contribution is 2.28. The van der Waals surface area contributed by atoms with Gasteiger partial charge in [-0.25, -0.2) is 19.3 Å². The van der Waals surface area contributed by atoms with Gasteiger partial charge in [-0.2, -0.15) is 0 Å². The van der Waals surface area contributed by atoms with Gasteiger partial charge in [0.2, 0.25) is 5.43 Å². The van der Waals surface area contributed by atoms with Crippen LogP contribution in [0.25, 0.3) is 16.2 Å². The topological polar surface area (TPSA) is 70.4 Å². The van der Waals surface area contributed by atoms with Gasteiger partial charge in [0, 0.05) is 63.2 Å². The van der Waals surface area contributed by atoms with Crippen molar-refractivity contribution in [1.29, 1.82) is 0 Å². The quantitative estimate of drug-likeness (QED) is 0.376. The molecule has 180 valence electrons. The van der Waals surface area contributed by atoms with E-state index in [9.17, 15) is 4.79 Å². The molecule has 0 unspecified atom stereocenters. The van der Waals surface area contributed by atoms with Gasteiger partial charge >= 0.3 is 0 Å². The highest BCUT2D eigenvalue weighted by molar-refractivity contribution is 7.97. The summed E-state index contributed by atoms with van der Waals surface area (Å²) in [5.41, 5.74) is 0.708. The van der Waals surface area contributed by atoms with Gasteiger partial charge in [-0.15, -0.1) is 11.3 Å². The monoisotopic (exact) mass is 505 g/mol. The number of hydrogen-bond acceptors (Lipinski definition) is 9. The maximum Gasteiger partial charge on any atom is 0.205 e. The predicted octanol–water partition coefficient (Wildman–Crippen LogP) is 4.06. The summed E-state index contributed by atoms with van der Waals surface area (Å²) < 4.78 is 4.29. The van der Waals surface area contributed by atoms with Crippen molar-refractivity contribution >= 4 is 46.0 Å². The van der Waals surface area contributed by atoms with E-state index < -0.39 is 0 Å². The van der Waals surface area contributed by atoms with Crippen molar-refractivity contribution in [3.05, 3.63) is 64.5 Å². The molecule has 2 saturated heterocycles. The first-order valence-electron chi connectivity index (χ1n) is 12.1. The molecule has 0 saturated carbocycles. The molecule has 0 bridgehead atoms. The van der Waals surface area contributed by atoms with Crippen LogP contribution in [0.2, 0.25) is 0 Å². The molecule has 6 heterocycles. The smallest absolute Gasteiger partial charge is 0.205 e. The Hall–Kier alpha value is -2.95. The van der Waals surface area contributed by atoms with Crippen LogP contribution < -0.4 is 15.2 Å². The molecule has 0 amide bonds. The molecule has 0 spiro atoms. The Morgan fingerprint density at radius 3 is 2.34 bits per heavy atom. The maximum absolute atomic E-state index is 13.5. The minimum atomic E-state index is 0.0439. The van der Waals surface area contributed by atoms with Crippen LogP contribution in [0.4, 0.5) is 11.6 Å². The highest BCUT2D eigenvalue weighted by atomic mass is 32.2. The molecule has 35 heavy (non-hydrogen) atoms. The molecule has 4 aromatic rings. The largest absolute Gasteiger partial charge is 0.353 e. The van der Waals surface area contributed by atoms with Gasteiger partial charge in [0.1, 0.15) is 11.6 Å². The van der Waals surface area contributed by atoms with Crippen molar-refractivity contribution in [2.24, 2.45) is 0 Å². The average Bonchev–Trinajstić information content (AvgIpc) is 3.46. The van der Waals surface area contributed by atoms with E-state index >= 15 is 0 Å². The highest BCUT2D eigenvalue weighted by Gasteiger charge is 2.22. The van der Waals surface area contributed by atoms with Gasteiger partial charge in [-0.05, 0) is 49.1 Å². The van der Waals surface area contributed by atoms with Crippen molar-refractivity contribution in [1.82, 2.24) is 23.8 Å². The summed E-state index contributed by atoms with van der Waals surface area (Å²) in [6, 6.07) is 9.94. The van der Waals surface area contributed by atoms with Crippen molar-refractivity contribution in [3.8, 4) is 5.13 Å². The van der Waals surface area contributed by atoms with E-state index in [4.69, 9.17) is 4.98 Å². The molecule has 0 aromatic carbocycles. The number of pyridine rings is 3. The molecule has 0 aliphatic carbocycles. The first-order chi connectivity index (χ1) is 17.3. The third kappa shape index (κ3) is 4.65. The minimum absolute atomic E-state index is 0.0439. The maximum atomic E-state index is 13.5. The van der Waals surface area contributed by atoms with E-state index in [0.717, 1.165) is 60.9 Å². The Bertz CT molecular complexity index is 1350. The van der Waals surface area contributed by atoms with E-state index in [1.807, 2.05) is 46.6 Å². The molecule has 6 rings (SSSR count). The molecule has 4 aromatic heterocycles. The number of piperazine rings is 1. The summed E-state index contributed by atoms with van der Waals surface area (Å²) in [6.07, 6.45) is 9.18. The molecular formula is C25H27N7OS2. The molecule has 2 aliphatic rings. The molecule has 0 N–H and O–H groups in total. The van der Waals surface area contributed by atoms with E-state index in [0.29, 0.717) is 11.0 Å². The zero-order chi connectivity index (χ0) is 23.6. The number of thiazole rings is 1. The molecule has 8 nitrogen and oxygen atoms in total. The van der Waals surface area contributed by atoms with Gasteiger partial charge in [0.15, 0.2) is 10.8 Å². The van der Waals surface area contributed by atoms with Crippen LogP contribution in [0.3, 0.4) is 0 Å². The summed E-state index contributed by atoms with van der Waals surface area (Å²) in [5.74, 6) is 1.90. The Morgan fingerprint density at radius 1 is 0.829 bits per heavy atom. The summed E-state index contributed by atoms with van der Waals surface area (Å²) in [6.45, 7) is 5.48. The lowest BCUT2D eigenvalue weighted by Crippen LogP contribution is -2.47. The second-order valence-electron chi connectivity index (χ2n) is 8.79. The number of rotatable bonds is 5. The van der Waals surface area contributed by atoms with Crippen molar-refractivity contribution in [2.75, 3.05) is 49.1 Å². The van der Waals surface area contributed by atoms with Crippen LogP contribution in [-0.4, -0.2) is 63.1 Å². The van der Waals surface area contributed by atoms with Crippen LogP contribution in [0.5, 0.6) is 0 Å². The van der Waals surface area contributed by atoms with E-state index in [1.54, 1.807) is 29.5 Å². The zero-order valence-corrected chi connectivity index (χ0v) is 21.0. The van der Waals surface area contributed by atoms with Crippen molar-refractivity contribution < 1.29 is 0 Å². The summed E-state index contributed by atoms with van der Waals surface area (Å²) >= 11 is 3.13. The Morgan fingerprint density at radius 2 is 1.63 bits per heavy atom. The molecule has 2 fully saturated rings. The molecule has 0 radical (unpaired) electrons. The predicted molar refractivity (Wildman–Crippen MR) is 143 cm³/mol. The number of aromatic nitrogens is 4. The Balaban J connectivity index is 1.32. The number of fused-ring (bicyclic) bond motifs is 1. The third-order valence-electron chi connectivity index (χ3n) is 6.55. The average molecular weight is 506 g/mol.